The summed E-state index contributed by atoms with van der Waals surface area (Å²) in [5.74, 6) is -1.69. The van der Waals surface area contributed by atoms with Crippen molar-refractivity contribution in [1.29, 1.82) is 0 Å². The number of carboxylic acid groups (broad SMARTS) is 1. The highest BCUT2D eigenvalue weighted by molar-refractivity contribution is 5.86. The van der Waals surface area contributed by atoms with Crippen LogP contribution in [0.5, 0.6) is 0 Å². The number of nitrogens with one attached hydrogen (secondary N) is 2. The van der Waals surface area contributed by atoms with Crippen LogP contribution in [0.1, 0.15) is 34.6 Å². The fraction of sp³-hybridized carbons (Fsp3) is 0.818. The van der Waals surface area contributed by atoms with Gasteiger partial charge in [0.2, 0.25) is 5.91 Å². The first-order chi connectivity index (χ1) is 7.22. The van der Waals surface area contributed by atoms with Crippen molar-refractivity contribution in [2.24, 2.45) is 5.92 Å². The smallest absolute Gasteiger partial charge is 0.308 e. The van der Waals surface area contributed by atoms with Crippen molar-refractivity contribution in [1.82, 2.24) is 10.6 Å². The van der Waals surface area contributed by atoms with Crippen LogP contribution in [-0.2, 0) is 9.59 Å². The molecular weight excluding hydrogens is 208 g/mol. The van der Waals surface area contributed by atoms with Crippen LogP contribution in [0.4, 0.5) is 0 Å². The molecular formula is C11H22N2O3. The van der Waals surface area contributed by atoms with Crippen LogP contribution in [0, 0.1) is 5.92 Å². The molecule has 0 radical (unpaired) electrons. The summed E-state index contributed by atoms with van der Waals surface area (Å²) in [6, 6.07) is -0.386. The molecule has 0 rings (SSSR count). The molecule has 2 unspecified atom stereocenters. The van der Waals surface area contributed by atoms with Gasteiger partial charge in [0.25, 0.3) is 0 Å². The molecule has 5 heteroatoms. The topological polar surface area (TPSA) is 78.4 Å². The van der Waals surface area contributed by atoms with Gasteiger partial charge in [-0.1, -0.05) is 6.92 Å². The van der Waals surface area contributed by atoms with Gasteiger partial charge in [0.15, 0.2) is 0 Å². The van der Waals surface area contributed by atoms with Gasteiger partial charge in [-0.3, -0.25) is 9.59 Å². The summed E-state index contributed by atoms with van der Waals surface area (Å²) in [6.07, 6.45) is 0. The number of hydrogen-bond donors (Lipinski definition) is 3. The summed E-state index contributed by atoms with van der Waals surface area (Å²) in [5.41, 5.74) is -0.679. The minimum atomic E-state index is -0.908. The van der Waals surface area contributed by atoms with Gasteiger partial charge in [-0.25, -0.2) is 0 Å². The van der Waals surface area contributed by atoms with Gasteiger partial charge in [0.05, 0.1) is 11.5 Å². The predicted molar refractivity (Wildman–Crippen MR) is 62.2 cm³/mol. The summed E-state index contributed by atoms with van der Waals surface area (Å²) in [5, 5.41) is 14.5. The van der Waals surface area contributed by atoms with Gasteiger partial charge in [-0.15, -0.1) is 0 Å². The third-order valence-corrected chi connectivity index (χ3v) is 2.68. The Bertz CT molecular complexity index is 264. The summed E-state index contributed by atoms with van der Waals surface area (Å²) in [7, 11) is 0. The van der Waals surface area contributed by atoms with Crippen LogP contribution < -0.4 is 10.6 Å². The highest BCUT2D eigenvalue weighted by Crippen LogP contribution is 2.06. The van der Waals surface area contributed by atoms with E-state index in [-0.39, 0.29) is 11.9 Å². The predicted octanol–water partition coefficient (Wildman–Crippen LogP) is 0.600. The van der Waals surface area contributed by atoms with E-state index in [2.05, 4.69) is 10.6 Å². The van der Waals surface area contributed by atoms with Gasteiger partial charge in [-0.05, 0) is 34.2 Å². The lowest BCUT2D eigenvalue weighted by atomic mass is 10.00. The Labute approximate surface area is 96.6 Å². The molecule has 2 atom stereocenters. The number of carbonyl (C=O) groups is 2. The Morgan fingerprint density at radius 2 is 1.81 bits per heavy atom. The van der Waals surface area contributed by atoms with Crippen LogP contribution in [-0.4, -0.2) is 35.1 Å². The molecule has 1 amide bonds. The van der Waals surface area contributed by atoms with Gasteiger partial charge >= 0.3 is 5.97 Å². The molecule has 0 spiro atoms. The lowest BCUT2D eigenvalue weighted by Crippen LogP contribution is -2.55. The molecule has 0 heterocycles. The van der Waals surface area contributed by atoms with E-state index in [4.69, 9.17) is 5.11 Å². The Hall–Kier alpha value is -1.10. The minimum absolute atomic E-state index is 0.185. The average molecular weight is 230 g/mol. The van der Waals surface area contributed by atoms with E-state index >= 15 is 0 Å². The van der Waals surface area contributed by atoms with Crippen molar-refractivity contribution in [3.63, 3.8) is 0 Å². The largest absolute Gasteiger partial charge is 0.481 e. The summed E-state index contributed by atoms with van der Waals surface area (Å²) in [4.78, 5) is 22.6. The summed E-state index contributed by atoms with van der Waals surface area (Å²) >= 11 is 0. The minimum Gasteiger partial charge on any atom is -0.481 e. The summed E-state index contributed by atoms with van der Waals surface area (Å²) < 4.78 is 0. The molecule has 0 aromatic heterocycles. The highest BCUT2D eigenvalue weighted by atomic mass is 16.4. The number of hydrogen-bond acceptors (Lipinski definition) is 3. The molecule has 0 aliphatic heterocycles. The zero-order chi connectivity index (χ0) is 12.9. The maximum absolute atomic E-state index is 11.8. The van der Waals surface area contributed by atoms with Crippen molar-refractivity contribution < 1.29 is 14.7 Å². The number of likely N-dealkylation sites (N-methyl/N-ethyl adjacent to an activating group) is 1. The normalized spacial score (nSPS) is 15.3. The van der Waals surface area contributed by atoms with E-state index in [1.807, 2.05) is 6.92 Å². The molecule has 0 aromatic carbocycles. The van der Waals surface area contributed by atoms with Crippen molar-refractivity contribution in [2.45, 2.75) is 46.2 Å². The monoisotopic (exact) mass is 230 g/mol. The SMILES string of the molecule is CCNC(C)(C)C(=O)NC(C)C(C)C(=O)O. The highest BCUT2D eigenvalue weighted by Gasteiger charge is 2.29. The second kappa shape index (κ2) is 5.84. The fourth-order valence-corrected chi connectivity index (χ4v) is 1.25. The van der Waals surface area contributed by atoms with Gasteiger partial charge < -0.3 is 15.7 Å². The van der Waals surface area contributed by atoms with Crippen LogP contribution in [0.2, 0.25) is 0 Å². The van der Waals surface area contributed by atoms with Crippen LogP contribution in [0.15, 0.2) is 0 Å². The number of amides is 1. The number of carboxylic acids is 1. The molecule has 94 valence electrons. The molecule has 16 heavy (non-hydrogen) atoms. The molecule has 0 aliphatic rings. The van der Waals surface area contributed by atoms with Crippen molar-refractivity contribution in [3.8, 4) is 0 Å². The van der Waals surface area contributed by atoms with Crippen LogP contribution in [0.3, 0.4) is 0 Å². The number of carbonyl (C=O) groups excluding carboxylic acids is 1. The summed E-state index contributed by atoms with van der Waals surface area (Å²) in [6.45, 7) is 9.40. The second-order valence-corrected chi connectivity index (χ2v) is 4.54. The van der Waals surface area contributed by atoms with E-state index in [1.165, 1.54) is 0 Å². The lowest BCUT2D eigenvalue weighted by molar-refractivity contribution is -0.142. The third kappa shape index (κ3) is 4.18. The molecule has 0 saturated carbocycles. The third-order valence-electron chi connectivity index (χ3n) is 2.68. The Morgan fingerprint density at radius 3 is 2.19 bits per heavy atom. The Morgan fingerprint density at radius 1 is 1.31 bits per heavy atom. The van der Waals surface area contributed by atoms with Crippen LogP contribution in [0.25, 0.3) is 0 Å². The van der Waals surface area contributed by atoms with Crippen molar-refractivity contribution in [3.05, 3.63) is 0 Å². The van der Waals surface area contributed by atoms with Crippen LogP contribution >= 0.6 is 0 Å². The van der Waals surface area contributed by atoms with Gasteiger partial charge in [0.1, 0.15) is 0 Å². The molecule has 3 N–H and O–H groups in total. The zero-order valence-electron chi connectivity index (χ0n) is 10.6. The van der Waals surface area contributed by atoms with E-state index < -0.39 is 17.4 Å². The van der Waals surface area contributed by atoms with E-state index in [0.29, 0.717) is 6.54 Å². The van der Waals surface area contributed by atoms with Crippen molar-refractivity contribution in [2.75, 3.05) is 6.54 Å². The Kier molecular flexibility index (Phi) is 5.44. The number of aliphatic carboxylic acids is 1. The van der Waals surface area contributed by atoms with E-state index in [0.717, 1.165) is 0 Å². The Balaban J connectivity index is 4.39. The molecule has 0 fully saturated rings. The molecule has 0 bridgehead atoms. The van der Waals surface area contributed by atoms with Gasteiger partial charge in [0, 0.05) is 6.04 Å². The van der Waals surface area contributed by atoms with Crippen molar-refractivity contribution >= 4 is 11.9 Å². The first kappa shape index (κ1) is 14.9. The van der Waals surface area contributed by atoms with E-state index in [9.17, 15) is 9.59 Å². The quantitative estimate of drug-likeness (QED) is 0.624. The first-order valence-electron chi connectivity index (χ1n) is 5.51. The second-order valence-electron chi connectivity index (χ2n) is 4.54. The standard InChI is InChI=1S/C11H22N2O3/c1-6-12-11(4,5)10(16)13-8(3)7(2)9(14)15/h7-8,12H,6H2,1-5H3,(H,13,16)(H,14,15). The maximum Gasteiger partial charge on any atom is 0.308 e. The first-order valence-corrected chi connectivity index (χ1v) is 5.51. The zero-order valence-corrected chi connectivity index (χ0v) is 10.6. The maximum atomic E-state index is 11.8. The lowest BCUT2D eigenvalue weighted by Gasteiger charge is -2.27. The molecule has 0 aromatic rings. The molecule has 0 aliphatic carbocycles. The molecule has 0 saturated heterocycles. The average Bonchev–Trinajstić information content (AvgIpc) is 2.15. The van der Waals surface area contributed by atoms with Gasteiger partial charge in [-0.2, -0.15) is 0 Å². The number of rotatable bonds is 6. The fourth-order valence-electron chi connectivity index (χ4n) is 1.25. The van der Waals surface area contributed by atoms with E-state index in [1.54, 1.807) is 27.7 Å². The molecule has 5 nitrogen and oxygen atoms in total.